The highest BCUT2D eigenvalue weighted by molar-refractivity contribution is 5.97. The zero-order valence-corrected chi connectivity index (χ0v) is 14.6. The van der Waals surface area contributed by atoms with E-state index in [2.05, 4.69) is 10.3 Å². The zero-order chi connectivity index (χ0) is 18.5. The van der Waals surface area contributed by atoms with Crippen LogP contribution in [0.4, 0.5) is 4.39 Å². The van der Waals surface area contributed by atoms with Crippen LogP contribution in [0.15, 0.2) is 60.9 Å². The minimum atomic E-state index is -0.590. The van der Waals surface area contributed by atoms with Crippen molar-refractivity contribution < 1.29 is 13.9 Å². The Hall–Kier alpha value is -3.15. The molecular weight excluding hydrogens is 333 g/mol. The lowest BCUT2D eigenvalue weighted by molar-refractivity contribution is 0.0937. The number of aryl methyl sites for hydroxylation is 1. The average Bonchev–Trinajstić information content (AvgIpc) is 3.06. The largest absolute Gasteiger partial charge is 0.493 e. The number of hydrogen-bond acceptors (Lipinski definition) is 3. The van der Waals surface area contributed by atoms with Gasteiger partial charge in [-0.3, -0.25) is 4.79 Å². The third-order valence-corrected chi connectivity index (χ3v) is 4.01. The van der Waals surface area contributed by atoms with Crippen molar-refractivity contribution in [3.63, 3.8) is 0 Å². The second-order valence-electron chi connectivity index (χ2n) is 5.79. The first-order valence-corrected chi connectivity index (χ1v) is 8.35. The second kappa shape index (κ2) is 7.82. The first-order chi connectivity index (χ1) is 12.6. The van der Waals surface area contributed by atoms with Crippen molar-refractivity contribution in [1.82, 2.24) is 14.9 Å². The van der Waals surface area contributed by atoms with Gasteiger partial charge in [0.2, 0.25) is 0 Å². The summed E-state index contributed by atoms with van der Waals surface area (Å²) in [5.41, 5.74) is 1.03. The molecule has 0 saturated carbocycles. The Bertz CT molecular complexity index is 907. The molecule has 26 heavy (non-hydrogen) atoms. The minimum Gasteiger partial charge on any atom is -0.493 e. The summed E-state index contributed by atoms with van der Waals surface area (Å²) in [6.07, 6.45) is 3.42. The molecule has 0 aliphatic rings. The Morgan fingerprint density at radius 3 is 2.77 bits per heavy atom. The van der Waals surface area contributed by atoms with E-state index in [-0.39, 0.29) is 11.7 Å². The number of nitrogens with zero attached hydrogens (tertiary/aromatic N) is 2. The molecule has 1 heterocycles. The quantitative estimate of drug-likeness (QED) is 0.738. The summed E-state index contributed by atoms with van der Waals surface area (Å²) in [5, 5.41) is 2.95. The third-order valence-electron chi connectivity index (χ3n) is 4.01. The van der Waals surface area contributed by atoms with Crippen molar-refractivity contribution in [2.24, 2.45) is 7.05 Å². The predicted molar refractivity (Wildman–Crippen MR) is 96.5 cm³/mol. The van der Waals surface area contributed by atoms with Crippen LogP contribution >= 0.6 is 0 Å². The summed E-state index contributed by atoms with van der Waals surface area (Å²) >= 11 is 0. The zero-order valence-electron chi connectivity index (χ0n) is 14.6. The first-order valence-electron chi connectivity index (χ1n) is 8.35. The van der Waals surface area contributed by atoms with Crippen LogP contribution in [0.2, 0.25) is 0 Å². The maximum Gasteiger partial charge on any atom is 0.255 e. The molecule has 5 nitrogen and oxygen atoms in total. The van der Waals surface area contributed by atoms with E-state index in [0.717, 1.165) is 0 Å². The number of hydrogen-bond donors (Lipinski definition) is 1. The van der Waals surface area contributed by atoms with Gasteiger partial charge in [-0.15, -0.1) is 0 Å². The average molecular weight is 353 g/mol. The fourth-order valence-corrected chi connectivity index (χ4v) is 2.78. The Labute approximate surface area is 151 Å². The van der Waals surface area contributed by atoms with E-state index in [1.807, 2.05) is 20.0 Å². The molecule has 1 amide bonds. The lowest BCUT2D eigenvalue weighted by Crippen LogP contribution is -2.31. The number of benzene rings is 2. The van der Waals surface area contributed by atoms with E-state index in [4.69, 9.17) is 4.74 Å². The van der Waals surface area contributed by atoms with Crippen molar-refractivity contribution in [3.05, 3.63) is 83.7 Å². The molecule has 0 aliphatic carbocycles. The van der Waals surface area contributed by atoms with E-state index < -0.39 is 6.04 Å². The van der Waals surface area contributed by atoms with Crippen LogP contribution < -0.4 is 10.1 Å². The number of carbonyl (C=O) groups is 1. The number of aromatic nitrogens is 2. The lowest BCUT2D eigenvalue weighted by Gasteiger charge is -2.20. The van der Waals surface area contributed by atoms with Gasteiger partial charge >= 0.3 is 0 Å². The van der Waals surface area contributed by atoms with Crippen LogP contribution in [-0.2, 0) is 7.05 Å². The van der Waals surface area contributed by atoms with E-state index in [1.54, 1.807) is 47.3 Å². The van der Waals surface area contributed by atoms with Gasteiger partial charge in [0, 0.05) is 19.4 Å². The van der Waals surface area contributed by atoms with Crippen LogP contribution in [0, 0.1) is 5.82 Å². The maximum atomic E-state index is 13.7. The monoisotopic (exact) mass is 353 g/mol. The molecule has 1 atom stereocenters. The summed E-state index contributed by atoms with van der Waals surface area (Å²) in [6.45, 7) is 2.31. The fraction of sp³-hybridized carbons (Fsp3) is 0.200. The number of halogens is 1. The normalized spacial score (nSPS) is 11.8. The highest BCUT2D eigenvalue weighted by Gasteiger charge is 2.23. The van der Waals surface area contributed by atoms with Crippen molar-refractivity contribution in [2.45, 2.75) is 13.0 Å². The van der Waals surface area contributed by atoms with Crippen LogP contribution in [0.5, 0.6) is 5.75 Å². The van der Waals surface area contributed by atoms with E-state index in [1.165, 1.54) is 12.1 Å². The smallest absolute Gasteiger partial charge is 0.255 e. The van der Waals surface area contributed by atoms with Crippen LogP contribution in [-0.4, -0.2) is 22.1 Å². The SMILES string of the molecule is CCOc1ccccc1C(=O)NC(c1cccc(F)c1)c1nccn1C. The van der Waals surface area contributed by atoms with Gasteiger partial charge in [0.1, 0.15) is 23.4 Å². The first kappa shape index (κ1) is 17.7. The van der Waals surface area contributed by atoms with Crippen molar-refractivity contribution in [1.29, 1.82) is 0 Å². The van der Waals surface area contributed by atoms with Gasteiger partial charge in [-0.1, -0.05) is 24.3 Å². The van der Waals surface area contributed by atoms with Crippen molar-refractivity contribution in [3.8, 4) is 5.75 Å². The Morgan fingerprint density at radius 1 is 1.27 bits per heavy atom. The van der Waals surface area contributed by atoms with Gasteiger partial charge in [-0.25, -0.2) is 9.37 Å². The van der Waals surface area contributed by atoms with E-state index in [9.17, 15) is 9.18 Å². The molecule has 1 N–H and O–H groups in total. The maximum absolute atomic E-state index is 13.7. The van der Waals surface area contributed by atoms with E-state index >= 15 is 0 Å². The molecule has 3 aromatic rings. The molecule has 0 spiro atoms. The number of nitrogens with one attached hydrogen (secondary N) is 1. The minimum absolute atomic E-state index is 0.314. The molecule has 1 aromatic heterocycles. The molecular formula is C20H20FN3O2. The van der Waals surface area contributed by atoms with Gasteiger partial charge in [0.25, 0.3) is 5.91 Å². The van der Waals surface area contributed by atoms with Gasteiger partial charge < -0.3 is 14.6 Å². The molecule has 1 unspecified atom stereocenters. The predicted octanol–water partition coefficient (Wildman–Crippen LogP) is 3.48. The highest BCUT2D eigenvalue weighted by atomic mass is 19.1. The Kier molecular flexibility index (Phi) is 5.31. The molecule has 0 aliphatic heterocycles. The van der Waals surface area contributed by atoms with Gasteiger partial charge in [-0.2, -0.15) is 0 Å². The number of para-hydroxylation sites is 1. The molecule has 0 radical (unpaired) electrons. The Balaban J connectivity index is 1.96. The molecule has 0 fully saturated rings. The number of rotatable bonds is 6. The van der Waals surface area contributed by atoms with Gasteiger partial charge in [0.15, 0.2) is 0 Å². The summed E-state index contributed by atoms with van der Waals surface area (Å²) in [5.74, 6) is 0.431. The highest BCUT2D eigenvalue weighted by Crippen LogP contribution is 2.24. The third kappa shape index (κ3) is 3.74. The summed E-state index contributed by atoms with van der Waals surface area (Å²) in [4.78, 5) is 17.2. The van der Waals surface area contributed by atoms with Gasteiger partial charge in [-0.05, 0) is 36.8 Å². The molecule has 0 bridgehead atoms. The summed E-state index contributed by atoms with van der Waals surface area (Å²) in [7, 11) is 1.83. The summed E-state index contributed by atoms with van der Waals surface area (Å²) < 4.78 is 21.1. The topological polar surface area (TPSA) is 56.1 Å². The molecule has 2 aromatic carbocycles. The molecule has 134 valence electrons. The van der Waals surface area contributed by atoms with E-state index in [0.29, 0.717) is 29.3 Å². The van der Waals surface area contributed by atoms with Crippen LogP contribution in [0.3, 0.4) is 0 Å². The number of ether oxygens (including phenoxy) is 1. The Morgan fingerprint density at radius 2 is 2.08 bits per heavy atom. The van der Waals surface area contributed by atoms with Crippen LogP contribution in [0.1, 0.15) is 34.7 Å². The number of carbonyl (C=O) groups excluding carboxylic acids is 1. The van der Waals surface area contributed by atoms with Crippen molar-refractivity contribution >= 4 is 5.91 Å². The number of amides is 1. The molecule has 3 rings (SSSR count). The number of imidazole rings is 1. The standard InChI is InChI=1S/C20H20FN3O2/c1-3-26-17-10-5-4-9-16(17)20(25)23-18(19-22-11-12-24(19)2)14-7-6-8-15(21)13-14/h4-13,18H,3H2,1-2H3,(H,23,25). The molecule has 0 saturated heterocycles. The summed E-state index contributed by atoms with van der Waals surface area (Å²) in [6, 6.07) is 12.6. The second-order valence-corrected chi connectivity index (χ2v) is 5.79. The molecule has 6 heteroatoms. The van der Waals surface area contributed by atoms with Crippen molar-refractivity contribution in [2.75, 3.05) is 6.61 Å². The fourth-order valence-electron chi connectivity index (χ4n) is 2.78. The lowest BCUT2D eigenvalue weighted by atomic mass is 10.0. The van der Waals surface area contributed by atoms with Gasteiger partial charge in [0.05, 0.1) is 12.2 Å². The van der Waals surface area contributed by atoms with Crippen LogP contribution in [0.25, 0.3) is 0 Å².